The van der Waals surface area contributed by atoms with Crippen molar-refractivity contribution in [2.45, 2.75) is 156 Å². The molecule has 2 fully saturated rings. The Kier molecular flexibility index (Phi) is 16.7. The molecular formula is C43H71N5O7. The van der Waals surface area contributed by atoms with Crippen molar-refractivity contribution >= 4 is 29.6 Å². The number of carbonyl (C=O) groups excluding carboxylic acids is 5. The monoisotopic (exact) mass is 770 g/mol. The molecule has 3 N–H and O–H groups in total. The van der Waals surface area contributed by atoms with Crippen LogP contribution in [-0.2, 0) is 39.9 Å². The molecule has 12 nitrogen and oxygen atoms in total. The first-order valence-corrected chi connectivity index (χ1v) is 20.5. The minimum absolute atomic E-state index is 0.00458. The molecular weight excluding hydrogens is 699 g/mol. The number of likely N-dealkylation sites (tertiary alicyclic amines) is 1. The molecule has 310 valence electrons. The Morgan fingerprint density at radius 1 is 1.02 bits per heavy atom. The molecule has 9 atom stereocenters. The van der Waals surface area contributed by atoms with Gasteiger partial charge in [0.25, 0.3) is 0 Å². The van der Waals surface area contributed by atoms with E-state index in [1.54, 1.807) is 39.8 Å². The number of ether oxygens (including phenoxy) is 2. The van der Waals surface area contributed by atoms with Gasteiger partial charge in [0.15, 0.2) is 0 Å². The van der Waals surface area contributed by atoms with E-state index in [-0.39, 0.29) is 53.8 Å². The molecule has 0 bridgehead atoms. The fourth-order valence-corrected chi connectivity index (χ4v) is 8.08. The van der Waals surface area contributed by atoms with E-state index in [4.69, 9.17) is 9.47 Å². The van der Waals surface area contributed by atoms with Gasteiger partial charge in [-0.15, -0.1) is 0 Å². The molecule has 0 saturated carbocycles. The molecule has 0 radical (unpaired) electrons. The van der Waals surface area contributed by atoms with E-state index in [1.807, 2.05) is 69.9 Å². The lowest BCUT2D eigenvalue weighted by Crippen LogP contribution is -2.61. The zero-order valence-electron chi connectivity index (χ0n) is 35.7. The number of carbonyl (C=O) groups is 5. The van der Waals surface area contributed by atoms with Crippen molar-refractivity contribution in [3.8, 4) is 0 Å². The maximum atomic E-state index is 14.2. The van der Waals surface area contributed by atoms with E-state index >= 15 is 0 Å². The van der Waals surface area contributed by atoms with Crippen LogP contribution in [0.15, 0.2) is 30.3 Å². The maximum Gasteiger partial charge on any atom is 0.329 e. The summed E-state index contributed by atoms with van der Waals surface area (Å²) in [6.07, 6.45) is 3.67. The lowest BCUT2D eigenvalue weighted by atomic mass is 9.86. The third-order valence-electron chi connectivity index (χ3n) is 11.9. The molecule has 12 heteroatoms. The largest absolute Gasteiger partial charge is 0.458 e. The third kappa shape index (κ3) is 12.2. The van der Waals surface area contributed by atoms with Crippen molar-refractivity contribution in [3.63, 3.8) is 0 Å². The number of benzene rings is 1. The van der Waals surface area contributed by atoms with Crippen molar-refractivity contribution in [1.82, 2.24) is 25.8 Å². The molecule has 1 aromatic carbocycles. The molecule has 0 aromatic heterocycles. The number of rotatable bonds is 18. The van der Waals surface area contributed by atoms with Crippen molar-refractivity contribution in [1.29, 1.82) is 0 Å². The summed E-state index contributed by atoms with van der Waals surface area (Å²) in [6, 6.07) is 7.31. The highest BCUT2D eigenvalue weighted by Gasteiger charge is 2.43. The van der Waals surface area contributed by atoms with E-state index in [0.29, 0.717) is 19.4 Å². The smallest absolute Gasteiger partial charge is 0.329 e. The quantitative estimate of drug-likeness (QED) is 0.179. The third-order valence-corrected chi connectivity index (χ3v) is 11.9. The van der Waals surface area contributed by atoms with Crippen LogP contribution in [0, 0.1) is 23.7 Å². The summed E-state index contributed by atoms with van der Waals surface area (Å²) in [5.74, 6) is -2.12. The van der Waals surface area contributed by atoms with Gasteiger partial charge in [-0.3, -0.25) is 19.2 Å². The van der Waals surface area contributed by atoms with Crippen LogP contribution in [-0.4, -0.2) is 108 Å². The van der Waals surface area contributed by atoms with Crippen molar-refractivity contribution in [2.75, 3.05) is 27.2 Å². The Hall–Kier alpha value is -3.51. The maximum absolute atomic E-state index is 14.2. The van der Waals surface area contributed by atoms with Gasteiger partial charge >= 0.3 is 5.97 Å². The van der Waals surface area contributed by atoms with Gasteiger partial charge in [-0.1, -0.05) is 78.3 Å². The molecule has 0 aliphatic carbocycles. The Labute approximate surface area is 330 Å². The second-order valence-electron chi connectivity index (χ2n) is 17.6. The van der Waals surface area contributed by atoms with E-state index in [1.165, 1.54) is 0 Å². The first kappa shape index (κ1) is 45.9. The summed E-state index contributed by atoms with van der Waals surface area (Å²) in [6.45, 7) is 20.4. The molecule has 55 heavy (non-hydrogen) atoms. The summed E-state index contributed by atoms with van der Waals surface area (Å²) >= 11 is 0. The molecule has 2 aliphatic heterocycles. The number of hydrogen-bond donors (Lipinski definition) is 3. The highest BCUT2D eigenvalue weighted by atomic mass is 16.6. The molecule has 1 aromatic rings. The number of amides is 4. The van der Waals surface area contributed by atoms with Crippen molar-refractivity contribution < 1.29 is 33.4 Å². The number of nitrogens with one attached hydrogen (secondary N) is 3. The summed E-state index contributed by atoms with van der Waals surface area (Å²) < 4.78 is 11.7. The van der Waals surface area contributed by atoms with Crippen LogP contribution >= 0.6 is 0 Å². The van der Waals surface area contributed by atoms with Crippen LogP contribution < -0.4 is 16.0 Å². The lowest BCUT2D eigenvalue weighted by molar-refractivity contribution is -0.159. The van der Waals surface area contributed by atoms with Crippen LogP contribution in [0.3, 0.4) is 0 Å². The standard InChI is InChI=1S/C43H71N5O7/c1-13-28(4)37(47(11)39(51)36(27(2)3)46-41(53)43(10)22-18-23-44-43)34(54-12)26-35(49)48-24-17-21-33(48)29(5)30(6)38(50)45-32(40(52)55-42(7,8)9)25-31-19-15-14-16-20-31/h14-16,19-20,27-30,32-34,36-37,44H,13,17-18,21-26H2,1-12H3,(H,45,50)(H,46,53)/t28?,29?,30?,32?,33-,34?,36?,37?,43-/m0/s1. The van der Waals surface area contributed by atoms with Gasteiger partial charge in [0, 0.05) is 39.1 Å². The van der Waals surface area contributed by atoms with Gasteiger partial charge in [0.2, 0.25) is 23.6 Å². The van der Waals surface area contributed by atoms with E-state index < -0.39 is 47.3 Å². The number of hydrogen-bond acceptors (Lipinski definition) is 8. The predicted molar refractivity (Wildman–Crippen MR) is 215 cm³/mol. The summed E-state index contributed by atoms with van der Waals surface area (Å²) in [5.41, 5.74) is -0.524. The zero-order chi connectivity index (χ0) is 41.2. The van der Waals surface area contributed by atoms with Gasteiger partial charge in [0.05, 0.1) is 24.1 Å². The second-order valence-corrected chi connectivity index (χ2v) is 17.6. The molecule has 2 saturated heterocycles. The molecule has 2 heterocycles. The number of likely N-dealkylation sites (N-methyl/N-ethyl adjacent to an activating group) is 1. The minimum Gasteiger partial charge on any atom is -0.458 e. The summed E-state index contributed by atoms with van der Waals surface area (Å²) in [7, 11) is 3.32. The normalized spacial score (nSPS) is 22.6. The van der Waals surface area contributed by atoms with Crippen molar-refractivity contribution in [3.05, 3.63) is 35.9 Å². The zero-order valence-corrected chi connectivity index (χ0v) is 35.7. The van der Waals surface area contributed by atoms with Crippen LogP contribution in [0.4, 0.5) is 0 Å². The second kappa shape index (κ2) is 20.1. The van der Waals surface area contributed by atoms with Crippen LogP contribution in [0.2, 0.25) is 0 Å². The average molecular weight is 770 g/mol. The highest BCUT2D eigenvalue weighted by Crippen LogP contribution is 2.32. The Balaban J connectivity index is 1.75. The van der Waals surface area contributed by atoms with Crippen LogP contribution in [0.5, 0.6) is 0 Å². The Bertz CT molecular complexity index is 1440. The van der Waals surface area contributed by atoms with Gasteiger partial charge in [-0.05, 0) is 83.2 Å². The Morgan fingerprint density at radius 2 is 1.67 bits per heavy atom. The highest BCUT2D eigenvalue weighted by molar-refractivity contribution is 5.92. The molecule has 7 unspecified atom stereocenters. The van der Waals surface area contributed by atoms with Crippen LogP contribution in [0.1, 0.15) is 113 Å². The average Bonchev–Trinajstić information content (AvgIpc) is 3.82. The van der Waals surface area contributed by atoms with Gasteiger partial charge in [-0.25, -0.2) is 4.79 Å². The predicted octanol–water partition coefficient (Wildman–Crippen LogP) is 4.88. The van der Waals surface area contributed by atoms with Crippen molar-refractivity contribution in [2.24, 2.45) is 23.7 Å². The fraction of sp³-hybridized carbons (Fsp3) is 0.744. The van der Waals surface area contributed by atoms with Crippen LogP contribution in [0.25, 0.3) is 0 Å². The molecule has 3 rings (SSSR count). The van der Waals surface area contributed by atoms with E-state index in [2.05, 4.69) is 29.8 Å². The Morgan fingerprint density at radius 3 is 2.22 bits per heavy atom. The molecule has 4 amide bonds. The number of esters is 1. The lowest BCUT2D eigenvalue weighted by Gasteiger charge is -2.41. The molecule has 0 spiro atoms. The van der Waals surface area contributed by atoms with Gasteiger partial charge in [0.1, 0.15) is 17.7 Å². The number of nitrogens with zero attached hydrogens (tertiary/aromatic N) is 2. The van der Waals surface area contributed by atoms with E-state index in [9.17, 15) is 24.0 Å². The molecule has 2 aliphatic rings. The number of methoxy groups -OCH3 is 1. The topological polar surface area (TPSA) is 146 Å². The first-order valence-electron chi connectivity index (χ1n) is 20.5. The first-order chi connectivity index (χ1) is 25.7. The SMILES string of the molecule is CCC(C)C(C(CC(=O)N1CCC[C@H]1C(C)C(C)C(=O)NC(Cc1ccccc1)C(=O)OC(C)(C)C)OC)N(C)C(=O)C(NC(=O)[C@]1(C)CCCN1)C(C)C. The summed E-state index contributed by atoms with van der Waals surface area (Å²) in [4.78, 5) is 72.4. The van der Waals surface area contributed by atoms with Gasteiger partial charge in [-0.2, -0.15) is 0 Å². The van der Waals surface area contributed by atoms with E-state index in [0.717, 1.165) is 37.8 Å². The minimum atomic E-state index is -0.865. The summed E-state index contributed by atoms with van der Waals surface area (Å²) in [5, 5.41) is 9.31. The van der Waals surface area contributed by atoms with Gasteiger partial charge < -0.3 is 35.2 Å². The fourth-order valence-electron chi connectivity index (χ4n) is 8.08.